The van der Waals surface area contributed by atoms with Gasteiger partial charge in [-0.2, -0.15) is 0 Å². The van der Waals surface area contributed by atoms with Crippen LogP contribution in [0.3, 0.4) is 0 Å². The van der Waals surface area contributed by atoms with Crippen LogP contribution in [-0.4, -0.2) is 0 Å². The van der Waals surface area contributed by atoms with E-state index >= 15 is 0 Å². The van der Waals surface area contributed by atoms with Crippen LogP contribution in [0.1, 0.15) is 75.0 Å². The van der Waals surface area contributed by atoms with Gasteiger partial charge in [-0.3, -0.25) is 0 Å². The van der Waals surface area contributed by atoms with E-state index in [9.17, 15) is 0 Å². The Morgan fingerprint density at radius 1 is 0.450 bits per heavy atom. The lowest BCUT2D eigenvalue weighted by Crippen LogP contribution is -2.22. The molecule has 0 heteroatoms. The molecule has 0 nitrogen and oxygen atoms in total. The van der Waals surface area contributed by atoms with Crippen LogP contribution in [-0.2, 0) is 5.41 Å². The molecule has 0 aliphatic rings. The van der Waals surface area contributed by atoms with Gasteiger partial charge in [0.2, 0.25) is 0 Å². The van der Waals surface area contributed by atoms with E-state index in [0.29, 0.717) is 0 Å². The minimum Gasteiger partial charge on any atom is -0.0587 e. The monoisotopic (exact) mass is 524 g/mol. The maximum atomic E-state index is 2.44. The number of benzene rings is 5. The van der Waals surface area contributed by atoms with Crippen molar-refractivity contribution in [3.8, 4) is 22.3 Å². The van der Waals surface area contributed by atoms with E-state index in [4.69, 9.17) is 0 Å². The fourth-order valence-corrected chi connectivity index (χ4v) is 7.20. The smallest absolute Gasteiger partial charge is 0.0152 e. The summed E-state index contributed by atoms with van der Waals surface area (Å²) in [6.07, 6.45) is 0. The molecule has 0 heterocycles. The SMILES string of the molecule is Cc1ccc(-c2cc(C)c(-c3cc(C)c(C(C)(C)c4cc(C)c5c(C)c(C)c(C)cc5c4)c(C)c3)c(C)c2)cc1. The van der Waals surface area contributed by atoms with Crippen molar-refractivity contribution in [2.75, 3.05) is 0 Å². The maximum absolute atomic E-state index is 2.44. The normalized spacial score (nSPS) is 11.9. The van der Waals surface area contributed by atoms with Gasteiger partial charge in [0.25, 0.3) is 0 Å². The standard InChI is InChI=1S/C40H44/c1-23-12-14-32(15-13-23)33-17-25(3)37(26(4)18-33)34-19-28(6)39(29(7)20-34)40(10,11)36-21-27(5)38-31(9)30(8)24(2)16-35(38)22-36/h12-22H,1-11H3. The summed E-state index contributed by atoms with van der Waals surface area (Å²) < 4.78 is 0. The third-order valence-electron chi connectivity index (χ3n) is 9.35. The third-order valence-corrected chi connectivity index (χ3v) is 9.35. The van der Waals surface area contributed by atoms with Crippen molar-refractivity contribution in [1.29, 1.82) is 0 Å². The van der Waals surface area contributed by atoms with Crippen molar-refractivity contribution < 1.29 is 0 Å². The zero-order chi connectivity index (χ0) is 29.1. The van der Waals surface area contributed by atoms with E-state index in [1.807, 2.05) is 0 Å². The van der Waals surface area contributed by atoms with E-state index in [-0.39, 0.29) is 5.41 Å². The first-order valence-electron chi connectivity index (χ1n) is 14.6. The molecule has 5 aromatic carbocycles. The minimum absolute atomic E-state index is 0.113. The van der Waals surface area contributed by atoms with E-state index in [0.717, 1.165) is 0 Å². The van der Waals surface area contributed by atoms with Gasteiger partial charge in [0.15, 0.2) is 0 Å². The average molecular weight is 525 g/mol. The zero-order valence-electron chi connectivity index (χ0n) is 26.4. The Morgan fingerprint density at radius 2 is 1.00 bits per heavy atom. The second-order valence-corrected chi connectivity index (χ2v) is 12.8. The number of rotatable bonds is 4. The van der Waals surface area contributed by atoms with Crippen LogP contribution in [0.5, 0.6) is 0 Å². The molecular formula is C40H44. The van der Waals surface area contributed by atoms with Gasteiger partial charge >= 0.3 is 0 Å². The van der Waals surface area contributed by atoms with Gasteiger partial charge in [-0.1, -0.05) is 86.1 Å². The van der Waals surface area contributed by atoms with Gasteiger partial charge in [-0.25, -0.2) is 0 Å². The molecule has 0 bridgehead atoms. The molecule has 0 unspecified atom stereocenters. The van der Waals surface area contributed by atoms with E-state index in [2.05, 4.69) is 143 Å². The molecule has 5 rings (SSSR count). The summed E-state index contributed by atoms with van der Waals surface area (Å²) in [4.78, 5) is 0. The summed E-state index contributed by atoms with van der Waals surface area (Å²) in [5, 5.41) is 2.77. The molecule has 0 spiro atoms. The Hall–Kier alpha value is -3.64. The average Bonchev–Trinajstić information content (AvgIpc) is 2.86. The molecular weight excluding hydrogens is 480 g/mol. The van der Waals surface area contributed by atoms with Gasteiger partial charge in [0.1, 0.15) is 0 Å². The van der Waals surface area contributed by atoms with Crippen molar-refractivity contribution in [2.24, 2.45) is 0 Å². The van der Waals surface area contributed by atoms with E-state index in [1.165, 1.54) is 94.2 Å². The van der Waals surface area contributed by atoms with Crippen molar-refractivity contribution in [1.82, 2.24) is 0 Å². The van der Waals surface area contributed by atoms with Gasteiger partial charge in [0.05, 0.1) is 0 Å². The zero-order valence-corrected chi connectivity index (χ0v) is 26.4. The van der Waals surface area contributed by atoms with Gasteiger partial charge in [0, 0.05) is 5.41 Å². The largest absolute Gasteiger partial charge is 0.0587 e. The Kier molecular flexibility index (Phi) is 7.03. The first-order valence-corrected chi connectivity index (χ1v) is 14.6. The molecule has 0 fully saturated rings. The van der Waals surface area contributed by atoms with Crippen LogP contribution in [0.15, 0.2) is 66.7 Å². The summed E-state index contributed by atoms with van der Waals surface area (Å²) in [5.41, 5.74) is 20.2. The number of fused-ring (bicyclic) bond motifs is 1. The molecule has 0 saturated heterocycles. The Morgan fingerprint density at radius 3 is 1.57 bits per heavy atom. The predicted octanol–water partition coefficient (Wildman–Crippen LogP) is 11.3. The Balaban J connectivity index is 1.60. The number of hydrogen-bond acceptors (Lipinski definition) is 0. The van der Waals surface area contributed by atoms with Crippen LogP contribution in [0.2, 0.25) is 0 Å². The van der Waals surface area contributed by atoms with Gasteiger partial charge in [-0.15, -0.1) is 0 Å². The summed E-state index contributed by atoms with van der Waals surface area (Å²) in [6.45, 7) is 25.1. The van der Waals surface area contributed by atoms with Crippen molar-refractivity contribution in [3.63, 3.8) is 0 Å². The number of aryl methyl sites for hydroxylation is 8. The van der Waals surface area contributed by atoms with Crippen molar-refractivity contribution in [3.05, 3.63) is 128 Å². The van der Waals surface area contributed by atoms with Crippen molar-refractivity contribution in [2.45, 2.75) is 81.6 Å². The molecule has 0 radical (unpaired) electrons. The maximum Gasteiger partial charge on any atom is 0.0152 e. The Labute approximate surface area is 242 Å². The van der Waals surface area contributed by atoms with Crippen LogP contribution in [0.4, 0.5) is 0 Å². The summed E-state index contributed by atoms with van der Waals surface area (Å²) >= 11 is 0. The molecule has 0 N–H and O–H groups in total. The predicted molar refractivity (Wildman–Crippen MR) is 176 cm³/mol. The third kappa shape index (κ3) is 4.68. The highest BCUT2D eigenvalue weighted by Crippen LogP contribution is 2.42. The first-order chi connectivity index (χ1) is 18.8. The Bertz CT molecular complexity index is 1730. The summed E-state index contributed by atoms with van der Waals surface area (Å²) in [5.74, 6) is 0. The van der Waals surface area contributed by atoms with Crippen LogP contribution in [0.25, 0.3) is 33.0 Å². The topological polar surface area (TPSA) is 0 Å². The molecule has 0 aliphatic carbocycles. The summed E-state index contributed by atoms with van der Waals surface area (Å²) in [6, 6.07) is 25.6. The highest BCUT2D eigenvalue weighted by atomic mass is 14.3. The second-order valence-electron chi connectivity index (χ2n) is 12.8. The lowest BCUT2D eigenvalue weighted by Gasteiger charge is -2.31. The second kappa shape index (κ2) is 10.1. The number of hydrogen-bond donors (Lipinski definition) is 0. The quantitative estimate of drug-likeness (QED) is 0.219. The van der Waals surface area contributed by atoms with E-state index < -0.39 is 0 Å². The lowest BCUT2D eigenvalue weighted by atomic mass is 9.72. The minimum atomic E-state index is -0.113. The molecule has 204 valence electrons. The highest BCUT2D eigenvalue weighted by Gasteiger charge is 2.28. The fraction of sp³-hybridized carbons (Fsp3) is 0.300. The summed E-state index contributed by atoms with van der Waals surface area (Å²) in [7, 11) is 0. The molecule has 0 saturated carbocycles. The molecule has 5 aromatic rings. The van der Waals surface area contributed by atoms with Gasteiger partial charge in [-0.05, 0) is 151 Å². The van der Waals surface area contributed by atoms with Gasteiger partial charge < -0.3 is 0 Å². The fourth-order valence-electron chi connectivity index (χ4n) is 7.20. The molecule has 0 atom stereocenters. The first kappa shape index (κ1) is 27.9. The van der Waals surface area contributed by atoms with Crippen molar-refractivity contribution >= 4 is 10.8 Å². The van der Waals surface area contributed by atoms with E-state index in [1.54, 1.807) is 0 Å². The lowest BCUT2D eigenvalue weighted by molar-refractivity contribution is 0.631. The molecule has 0 aliphatic heterocycles. The highest BCUT2D eigenvalue weighted by molar-refractivity contribution is 5.91. The van der Waals surface area contributed by atoms with Crippen LogP contribution < -0.4 is 0 Å². The van der Waals surface area contributed by atoms with Crippen LogP contribution >= 0.6 is 0 Å². The molecule has 40 heavy (non-hydrogen) atoms. The molecule has 0 aromatic heterocycles. The molecule has 0 amide bonds. The van der Waals surface area contributed by atoms with Crippen LogP contribution in [0, 0.1) is 62.3 Å².